The van der Waals surface area contributed by atoms with E-state index in [1.165, 1.54) is 24.3 Å². The molecule has 0 bridgehead atoms. The summed E-state index contributed by atoms with van der Waals surface area (Å²) in [5, 5.41) is 11.5. The molecule has 0 unspecified atom stereocenters. The molecule has 94 valence electrons. The van der Waals surface area contributed by atoms with Crippen molar-refractivity contribution in [3.05, 3.63) is 65.0 Å². The van der Waals surface area contributed by atoms with Crippen LogP contribution in [-0.4, -0.2) is 5.91 Å². The third-order valence-corrected chi connectivity index (χ3v) is 2.72. The first-order chi connectivity index (χ1) is 9.10. The Bertz CT molecular complexity index is 657. The molecule has 0 heterocycles. The zero-order valence-electron chi connectivity index (χ0n) is 10.3. The van der Waals surface area contributed by atoms with Gasteiger partial charge in [0.2, 0.25) is 0 Å². The van der Waals surface area contributed by atoms with Gasteiger partial charge in [0, 0.05) is 11.3 Å². The van der Waals surface area contributed by atoms with Crippen LogP contribution in [-0.2, 0) is 0 Å². The predicted molar refractivity (Wildman–Crippen MR) is 70.2 cm³/mol. The largest absolute Gasteiger partial charge is 0.322 e. The van der Waals surface area contributed by atoms with Crippen LogP contribution in [0.25, 0.3) is 0 Å². The fraction of sp³-hybridized carbons (Fsp3) is 0.0667. The molecule has 0 spiro atoms. The van der Waals surface area contributed by atoms with E-state index in [0.29, 0.717) is 16.8 Å². The molecule has 3 nitrogen and oxygen atoms in total. The predicted octanol–water partition coefficient (Wildman–Crippen LogP) is 3.26. The fourth-order valence-corrected chi connectivity index (χ4v) is 1.62. The summed E-state index contributed by atoms with van der Waals surface area (Å²) in [6, 6.07) is 12.3. The van der Waals surface area contributed by atoms with Gasteiger partial charge in [-0.1, -0.05) is 6.07 Å². The highest BCUT2D eigenvalue weighted by Gasteiger charge is 2.08. The zero-order valence-corrected chi connectivity index (χ0v) is 10.3. The van der Waals surface area contributed by atoms with Gasteiger partial charge in [-0.15, -0.1) is 0 Å². The van der Waals surface area contributed by atoms with Crippen LogP contribution in [0.3, 0.4) is 0 Å². The number of carbonyl (C=O) groups is 1. The lowest BCUT2D eigenvalue weighted by atomic mass is 10.1. The van der Waals surface area contributed by atoms with Gasteiger partial charge in [-0.2, -0.15) is 5.26 Å². The van der Waals surface area contributed by atoms with E-state index >= 15 is 0 Å². The van der Waals surface area contributed by atoms with Gasteiger partial charge in [0.1, 0.15) is 5.82 Å². The monoisotopic (exact) mass is 254 g/mol. The molecule has 2 aromatic rings. The first-order valence-corrected chi connectivity index (χ1v) is 5.68. The molecule has 0 aliphatic carbocycles. The number of hydrogen-bond acceptors (Lipinski definition) is 2. The minimum atomic E-state index is -0.390. The van der Waals surface area contributed by atoms with Gasteiger partial charge in [-0.05, 0) is 48.9 Å². The summed E-state index contributed by atoms with van der Waals surface area (Å²) in [7, 11) is 0. The van der Waals surface area contributed by atoms with E-state index in [2.05, 4.69) is 5.32 Å². The Morgan fingerprint density at radius 3 is 2.53 bits per heavy atom. The van der Waals surface area contributed by atoms with E-state index in [0.717, 1.165) is 5.56 Å². The third-order valence-electron chi connectivity index (χ3n) is 2.72. The van der Waals surface area contributed by atoms with Gasteiger partial charge in [-0.3, -0.25) is 4.79 Å². The van der Waals surface area contributed by atoms with Crippen molar-refractivity contribution in [2.75, 3.05) is 5.32 Å². The molecule has 0 fully saturated rings. The number of hydrogen-bond donors (Lipinski definition) is 1. The lowest BCUT2D eigenvalue weighted by Gasteiger charge is -2.08. The van der Waals surface area contributed by atoms with Crippen LogP contribution in [0.4, 0.5) is 10.1 Å². The summed E-state index contributed by atoms with van der Waals surface area (Å²) in [5.41, 5.74) is 2.27. The van der Waals surface area contributed by atoms with E-state index in [4.69, 9.17) is 5.26 Å². The van der Waals surface area contributed by atoms with Gasteiger partial charge < -0.3 is 5.32 Å². The molecule has 1 amide bonds. The van der Waals surface area contributed by atoms with Crippen molar-refractivity contribution in [3.8, 4) is 6.07 Å². The number of benzene rings is 2. The quantitative estimate of drug-likeness (QED) is 0.894. The molecule has 0 aromatic heterocycles. The Balaban J connectivity index is 2.24. The molecule has 2 aromatic carbocycles. The van der Waals surface area contributed by atoms with Crippen LogP contribution in [0, 0.1) is 24.1 Å². The van der Waals surface area contributed by atoms with Crippen molar-refractivity contribution in [3.63, 3.8) is 0 Å². The number of halogens is 1. The number of rotatable bonds is 2. The number of nitrogens with zero attached hydrogens (tertiary/aromatic N) is 1. The van der Waals surface area contributed by atoms with Gasteiger partial charge in [0.15, 0.2) is 0 Å². The molecule has 0 radical (unpaired) electrons. The van der Waals surface area contributed by atoms with Crippen LogP contribution in [0.2, 0.25) is 0 Å². The molecular weight excluding hydrogens is 243 g/mol. The second kappa shape index (κ2) is 5.32. The van der Waals surface area contributed by atoms with Crippen LogP contribution in [0.1, 0.15) is 21.5 Å². The average Bonchev–Trinajstić information content (AvgIpc) is 2.42. The molecule has 0 saturated carbocycles. The summed E-state index contributed by atoms with van der Waals surface area (Å²) < 4.78 is 12.8. The van der Waals surface area contributed by atoms with Crippen molar-refractivity contribution < 1.29 is 9.18 Å². The van der Waals surface area contributed by atoms with E-state index in [1.807, 2.05) is 13.0 Å². The molecule has 2 rings (SSSR count). The summed E-state index contributed by atoms with van der Waals surface area (Å²) in [6.45, 7) is 1.83. The lowest BCUT2D eigenvalue weighted by molar-refractivity contribution is 0.102. The Hall–Kier alpha value is -2.67. The number of nitrogens with one attached hydrogen (secondary N) is 1. The third kappa shape index (κ3) is 2.96. The first kappa shape index (κ1) is 12.8. The minimum Gasteiger partial charge on any atom is -0.322 e. The Kier molecular flexibility index (Phi) is 3.58. The summed E-state index contributed by atoms with van der Waals surface area (Å²) in [4.78, 5) is 12.0. The van der Waals surface area contributed by atoms with Crippen LogP contribution in [0.5, 0.6) is 0 Å². The molecular formula is C15H11FN2O. The molecule has 19 heavy (non-hydrogen) atoms. The first-order valence-electron chi connectivity index (χ1n) is 5.68. The average molecular weight is 254 g/mol. The van der Waals surface area contributed by atoms with Crippen LogP contribution in [0.15, 0.2) is 42.5 Å². The van der Waals surface area contributed by atoms with Crippen molar-refractivity contribution in [2.45, 2.75) is 6.92 Å². The maximum Gasteiger partial charge on any atom is 0.255 e. The number of amides is 1. The Morgan fingerprint density at radius 2 is 1.89 bits per heavy atom. The van der Waals surface area contributed by atoms with Gasteiger partial charge >= 0.3 is 0 Å². The van der Waals surface area contributed by atoms with Crippen LogP contribution < -0.4 is 5.32 Å². The van der Waals surface area contributed by atoms with E-state index in [1.54, 1.807) is 18.2 Å². The lowest BCUT2D eigenvalue weighted by Crippen LogP contribution is -2.12. The molecule has 4 heteroatoms. The standard InChI is InChI=1S/C15H11FN2O/c1-10-2-3-11(9-17)8-14(10)18-15(19)12-4-6-13(16)7-5-12/h2-8H,1H3,(H,18,19). The number of carbonyl (C=O) groups excluding carboxylic acids is 1. The highest BCUT2D eigenvalue weighted by Crippen LogP contribution is 2.17. The maximum absolute atomic E-state index is 12.8. The summed E-state index contributed by atoms with van der Waals surface area (Å²) in [5.74, 6) is -0.725. The van der Waals surface area contributed by atoms with Crippen molar-refractivity contribution in [2.24, 2.45) is 0 Å². The molecule has 0 atom stereocenters. The fourth-order valence-electron chi connectivity index (χ4n) is 1.62. The topological polar surface area (TPSA) is 52.9 Å². The smallest absolute Gasteiger partial charge is 0.255 e. The van der Waals surface area contributed by atoms with E-state index < -0.39 is 0 Å². The second-order valence-electron chi connectivity index (χ2n) is 4.10. The normalized spacial score (nSPS) is 9.74. The molecule has 0 aliphatic rings. The van der Waals surface area contributed by atoms with E-state index in [-0.39, 0.29) is 11.7 Å². The van der Waals surface area contributed by atoms with E-state index in [9.17, 15) is 9.18 Å². The van der Waals surface area contributed by atoms with Crippen LogP contribution >= 0.6 is 0 Å². The van der Waals surface area contributed by atoms with Gasteiger partial charge in [-0.25, -0.2) is 4.39 Å². The van der Waals surface area contributed by atoms with Gasteiger partial charge in [0.25, 0.3) is 5.91 Å². The molecule has 0 aliphatic heterocycles. The molecule has 1 N–H and O–H groups in total. The summed E-state index contributed by atoms with van der Waals surface area (Å²) in [6.07, 6.45) is 0. The minimum absolute atomic E-state index is 0.335. The second-order valence-corrected chi connectivity index (χ2v) is 4.10. The van der Waals surface area contributed by atoms with Gasteiger partial charge in [0.05, 0.1) is 11.6 Å². The highest BCUT2D eigenvalue weighted by molar-refractivity contribution is 6.04. The van der Waals surface area contributed by atoms with Crippen molar-refractivity contribution in [1.82, 2.24) is 0 Å². The number of nitriles is 1. The number of anilines is 1. The van der Waals surface area contributed by atoms with Crippen molar-refractivity contribution in [1.29, 1.82) is 5.26 Å². The molecule has 0 saturated heterocycles. The maximum atomic E-state index is 12.8. The SMILES string of the molecule is Cc1ccc(C#N)cc1NC(=O)c1ccc(F)cc1. The number of aryl methyl sites for hydroxylation is 1. The Morgan fingerprint density at radius 1 is 1.21 bits per heavy atom. The Labute approximate surface area is 110 Å². The zero-order chi connectivity index (χ0) is 13.8. The highest BCUT2D eigenvalue weighted by atomic mass is 19.1. The summed E-state index contributed by atoms with van der Waals surface area (Å²) >= 11 is 0. The van der Waals surface area contributed by atoms with Crippen molar-refractivity contribution >= 4 is 11.6 Å².